The van der Waals surface area contributed by atoms with Crippen molar-refractivity contribution in [2.75, 3.05) is 0 Å². The van der Waals surface area contributed by atoms with E-state index < -0.39 is 0 Å². The number of allylic oxidation sites excluding steroid dienone is 2. The highest BCUT2D eigenvalue weighted by Gasteiger charge is 2.07. The number of ketones is 1. The maximum absolute atomic E-state index is 11.7. The summed E-state index contributed by atoms with van der Waals surface area (Å²) in [4.78, 5) is 11.7. The molecular formula is C14H20O. The van der Waals surface area contributed by atoms with Crippen LogP contribution in [0.4, 0.5) is 0 Å². The molecule has 0 amide bonds. The Balaban J connectivity index is 0.000000921. The van der Waals surface area contributed by atoms with Crippen molar-refractivity contribution < 1.29 is 4.79 Å². The number of rotatable bonds is 2. The van der Waals surface area contributed by atoms with Gasteiger partial charge in [0.2, 0.25) is 0 Å². The summed E-state index contributed by atoms with van der Waals surface area (Å²) < 4.78 is 0. The molecule has 1 rings (SSSR count). The predicted octanol–water partition coefficient (Wildman–Crippen LogP) is 4.25. The Morgan fingerprint density at radius 1 is 0.933 bits per heavy atom. The molecule has 0 aliphatic heterocycles. The van der Waals surface area contributed by atoms with E-state index in [0.717, 1.165) is 16.7 Å². The summed E-state index contributed by atoms with van der Waals surface area (Å²) in [6, 6.07) is 9.36. The molecule has 0 bridgehead atoms. The third-order valence-electron chi connectivity index (χ3n) is 2.13. The van der Waals surface area contributed by atoms with Gasteiger partial charge in [-0.2, -0.15) is 0 Å². The first-order valence-electron chi connectivity index (χ1n) is 5.36. The van der Waals surface area contributed by atoms with Gasteiger partial charge < -0.3 is 0 Å². The van der Waals surface area contributed by atoms with Gasteiger partial charge in [0.05, 0.1) is 0 Å². The number of carbonyl (C=O) groups is 1. The summed E-state index contributed by atoms with van der Waals surface area (Å²) >= 11 is 0. The molecule has 0 atom stereocenters. The smallest absolute Gasteiger partial charge is 0.188 e. The van der Waals surface area contributed by atoms with Crippen LogP contribution in [-0.4, -0.2) is 5.78 Å². The van der Waals surface area contributed by atoms with Crippen LogP contribution in [0, 0.1) is 0 Å². The van der Waals surface area contributed by atoms with Crippen molar-refractivity contribution in [1.82, 2.24) is 0 Å². The van der Waals surface area contributed by atoms with Crippen LogP contribution in [0.1, 0.15) is 45.0 Å². The zero-order chi connectivity index (χ0) is 11.8. The van der Waals surface area contributed by atoms with Gasteiger partial charge in [-0.1, -0.05) is 49.8 Å². The topological polar surface area (TPSA) is 17.1 Å². The molecule has 0 aromatic heterocycles. The van der Waals surface area contributed by atoms with Crippen LogP contribution in [0.15, 0.2) is 41.5 Å². The van der Waals surface area contributed by atoms with Crippen LogP contribution in [0.5, 0.6) is 0 Å². The molecule has 0 N–H and O–H groups in total. The highest BCUT2D eigenvalue weighted by atomic mass is 16.1. The lowest BCUT2D eigenvalue weighted by atomic mass is 10.0. The summed E-state index contributed by atoms with van der Waals surface area (Å²) in [7, 11) is 0. The second-order valence-corrected chi connectivity index (χ2v) is 3.32. The lowest BCUT2D eigenvalue weighted by molar-refractivity contribution is 0.103. The lowest BCUT2D eigenvalue weighted by Gasteiger charge is -2.02. The minimum atomic E-state index is 0.126. The summed E-state index contributed by atoms with van der Waals surface area (Å²) in [5.41, 5.74) is 2.68. The second-order valence-electron chi connectivity index (χ2n) is 3.32. The molecule has 0 unspecified atom stereocenters. The fraction of sp³-hybridized carbons (Fsp3) is 0.357. The zero-order valence-corrected chi connectivity index (χ0v) is 10.3. The van der Waals surface area contributed by atoms with Crippen molar-refractivity contribution in [3.63, 3.8) is 0 Å². The molecular weight excluding hydrogens is 184 g/mol. The van der Waals surface area contributed by atoms with E-state index in [1.54, 1.807) is 0 Å². The highest BCUT2D eigenvalue weighted by molar-refractivity contribution is 6.08. The lowest BCUT2D eigenvalue weighted by Crippen LogP contribution is -2.01. The molecule has 0 aliphatic rings. The summed E-state index contributed by atoms with van der Waals surface area (Å²) in [5, 5.41) is 0. The molecule has 1 nitrogen and oxygen atoms in total. The molecule has 0 heterocycles. The number of benzene rings is 1. The van der Waals surface area contributed by atoms with Crippen LogP contribution in [0.25, 0.3) is 0 Å². The van der Waals surface area contributed by atoms with Gasteiger partial charge in [-0.05, 0) is 26.3 Å². The fourth-order valence-corrected chi connectivity index (χ4v) is 1.03. The fourth-order valence-electron chi connectivity index (χ4n) is 1.03. The second kappa shape index (κ2) is 6.99. The third-order valence-corrected chi connectivity index (χ3v) is 2.13. The number of carbonyl (C=O) groups excluding carboxylic acids is 1. The summed E-state index contributed by atoms with van der Waals surface area (Å²) in [6.45, 7) is 9.77. The van der Waals surface area contributed by atoms with Gasteiger partial charge in [0.15, 0.2) is 5.78 Å². The van der Waals surface area contributed by atoms with E-state index in [0.29, 0.717) is 0 Å². The summed E-state index contributed by atoms with van der Waals surface area (Å²) in [6.07, 6.45) is 0. The monoisotopic (exact) mass is 204 g/mol. The van der Waals surface area contributed by atoms with E-state index in [1.165, 1.54) is 0 Å². The van der Waals surface area contributed by atoms with Gasteiger partial charge in [0, 0.05) is 5.56 Å². The molecule has 0 saturated carbocycles. The van der Waals surface area contributed by atoms with Crippen molar-refractivity contribution >= 4 is 5.78 Å². The standard InChI is InChI=1S/C12H14O.C2H6/c1-9(2)10(3)12(13)11-7-5-4-6-8-11;1-2/h4-8H,1-3H3;1-2H3. The number of Topliss-reactive ketones (excluding diaryl/α,β-unsaturated/α-hetero) is 1. The van der Waals surface area contributed by atoms with E-state index in [4.69, 9.17) is 0 Å². The zero-order valence-electron chi connectivity index (χ0n) is 10.3. The Kier molecular flexibility index (Phi) is 6.35. The van der Waals surface area contributed by atoms with E-state index in [2.05, 4.69) is 0 Å². The normalized spacial score (nSPS) is 8.60. The third kappa shape index (κ3) is 4.11. The molecule has 0 fully saturated rings. The van der Waals surface area contributed by atoms with Gasteiger partial charge in [0.1, 0.15) is 0 Å². The van der Waals surface area contributed by atoms with E-state index in [9.17, 15) is 4.79 Å². The number of hydrogen-bond acceptors (Lipinski definition) is 1. The molecule has 0 spiro atoms. The van der Waals surface area contributed by atoms with Gasteiger partial charge in [-0.25, -0.2) is 0 Å². The van der Waals surface area contributed by atoms with Gasteiger partial charge in [0.25, 0.3) is 0 Å². The first kappa shape index (κ1) is 13.6. The largest absolute Gasteiger partial charge is 0.289 e. The Bertz CT molecular complexity index is 330. The van der Waals surface area contributed by atoms with E-state index in [-0.39, 0.29) is 5.78 Å². The van der Waals surface area contributed by atoms with Crippen molar-refractivity contribution in [1.29, 1.82) is 0 Å². The van der Waals surface area contributed by atoms with Crippen LogP contribution in [-0.2, 0) is 0 Å². The van der Waals surface area contributed by atoms with E-state index in [1.807, 2.05) is 65.0 Å². The maximum atomic E-state index is 11.7. The molecule has 0 aliphatic carbocycles. The average molecular weight is 204 g/mol. The Labute approximate surface area is 92.8 Å². The molecule has 1 aromatic carbocycles. The van der Waals surface area contributed by atoms with Crippen LogP contribution in [0.2, 0.25) is 0 Å². The Morgan fingerprint density at radius 2 is 1.40 bits per heavy atom. The molecule has 1 aromatic rings. The van der Waals surface area contributed by atoms with Crippen molar-refractivity contribution in [2.24, 2.45) is 0 Å². The highest BCUT2D eigenvalue weighted by Crippen LogP contribution is 2.10. The van der Waals surface area contributed by atoms with Gasteiger partial charge in [-0.3, -0.25) is 4.79 Å². The molecule has 15 heavy (non-hydrogen) atoms. The molecule has 82 valence electrons. The first-order valence-corrected chi connectivity index (χ1v) is 5.36. The van der Waals surface area contributed by atoms with Crippen LogP contribution in [0.3, 0.4) is 0 Å². The van der Waals surface area contributed by atoms with Gasteiger partial charge in [-0.15, -0.1) is 0 Å². The SMILES string of the molecule is CC.CC(C)=C(C)C(=O)c1ccccc1. The van der Waals surface area contributed by atoms with Crippen LogP contribution < -0.4 is 0 Å². The quantitative estimate of drug-likeness (QED) is 0.520. The van der Waals surface area contributed by atoms with Gasteiger partial charge >= 0.3 is 0 Å². The minimum absolute atomic E-state index is 0.126. The van der Waals surface area contributed by atoms with E-state index >= 15 is 0 Å². The Hall–Kier alpha value is -1.37. The van der Waals surface area contributed by atoms with Crippen molar-refractivity contribution in [2.45, 2.75) is 34.6 Å². The Morgan fingerprint density at radius 3 is 1.80 bits per heavy atom. The molecule has 1 heteroatoms. The predicted molar refractivity (Wildman–Crippen MR) is 66.2 cm³/mol. The number of hydrogen-bond donors (Lipinski definition) is 0. The first-order chi connectivity index (χ1) is 7.13. The van der Waals surface area contributed by atoms with Crippen LogP contribution >= 0.6 is 0 Å². The van der Waals surface area contributed by atoms with Crippen molar-refractivity contribution in [3.05, 3.63) is 47.0 Å². The summed E-state index contributed by atoms with van der Waals surface area (Å²) in [5.74, 6) is 0.126. The maximum Gasteiger partial charge on any atom is 0.188 e. The minimum Gasteiger partial charge on any atom is -0.289 e. The van der Waals surface area contributed by atoms with Crippen molar-refractivity contribution in [3.8, 4) is 0 Å². The average Bonchev–Trinajstić information content (AvgIpc) is 2.31. The molecule has 0 saturated heterocycles. The molecule has 0 radical (unpaired) electrons.